The van der Waals surface area contributed by atoms with Gasteiger partial charge in [0, 0.05) is 10.0 Å². The van der Waals surface area contributed by atoms with Gasteiger partial charge in [-0.3, -0.25) is 0 Å². The fraction of sp³-hybridized carbons (Fsp3) is 0.0476. The molecule has 0 aliphatic carbocycles. The molecule has 0 atom stereocenters. The number of hydrogen-bond donors (Lipinski definition) is 0. The van der Waals surface area contributed by atoms with Crippen LogP contribution in [0.3, 0.4) is 0 Å². The molecule has 6 heteroatoms. The van der Waals surface area contributed by atoms with Gasteiger partial charge in [0.15, 0.2) is 0 Å². The Morgan fingerprint density at radius 2 is 1.04 bits per heavy atom. The van der Waals surface area contributed by atoms with Crippen molar-refractivity contribution < 1.29 is 19.1 Å². The minimum absolute atomic E-state index is 0.274. The van der Waals surface area contributed by atoms with Gasteiger partial charge in [0.2, 0.25) is 0 Å². The molecule has 3 aromatic carbocycles. The number of carbonyl (C=O) groups is 2. The molecule has 0 bridgehead atoms. The molecule has 0 unspecified atom stereocenters. The average Bonchev–Trinajstić information content (AvgIpc) is 2.65. The number of carbonyl (C=O) groups excluding carboxylic acids is 2. The number of ether oxygens (including phenoxy) is 2. The third-order valence-electron chi connectivity index (χ3n) is 3.82. The zero-order chi connectivity index (χ0) is 19.4. The molecule has 4 nitrogen and oxygen atoms in total. The van der Waals surface area contributed by atoms with Crippen LogP contribution in [0.15, 0.2) is 66.7 Å². The normalized spacial score (nSPS) is 10.3. The zero-order valence-electron chi connectivity index (χ0n) is 14.2. The molecule has 0 radical (unpaired) electrons. The van der Waals surface area contributed by atoms with E-state index in [-0.39, 0.29) is 11.1 Å². The van der Waals surface area contributed by atoms with Crippen molar-refractivity contribution in [3.8, 4) is 11.5 Å². The van der Waals surface area contributed by atoms with Crippen LogP contribution in [-0.4, -0.2) is 11.9 Å². The molecule has 0 saturated heterocycles. The van der Waals surface area contributed by atoms with Crippen LogP contribution >= 0.6 is 23.2 Å². The molecule has 0 fully saturated rings. The number of hydrogen-bond acceptors (Lipinski definition) is 4. The van der Waals surface area contributed by atoms with Gasteiger partial charge < -0.3 is 9.47 Å². The highest BCUT2D eigenvalue weighted by Gasteiger charge is 2.19. The Kier molecular flexibility index (Phi) is 5.79. The van der Waals surface area contributed by atoms with Crippen molar-refractivity contribution in [2.24, 2.45) is 0 Å². The Balaban J connectivity index is 1.80. The Bertz CT molecular complexity index is 902. The van der Waals surface area contributed by atoms with E-state index in [1.807, 2.05) is 0 Å². The average molecular weight is 401 g/mol. The van der Waals surface area contributed by atoms with Gasteiger partial charge in [-0.15, -0.1) is 0 Å². The lowest BCUT2D eigenvalue weighted by atomic mass is 10.0. The van der Waals surface area contributed by atoms with Gasteiger partial charge in [-0.1, -0.05) is 29.3 Å². The first-order valence-electron chi connectivity index (χ1n) is 7.99. The maximum Gasteiger partial charge on any atom is 0.343 e. The van der Waals surface area contributed by atoms with Crippen LogP contribution in [0.25, 0.3) is 0 Å². The first-order valence-corrected chi connectivity index (χ1v) is 8.75. The molecule has 0 aliphatic heterocycles. The maximum absolute atomic E-state index is 12.5. The van der Waals surface area contributed by atoms with E-state index in [0.717, 1.165) is 0 Å². The smallest absolute Gasteiger partial charge is 0.343 e. The lowest BCUT2D eigenvalue weighted by Crippen LogP contribution is -2.15. The highest BCUT2D eigenvalue weighted by molar-refractivity contribution is 6.30. The zero-order valence-corrected chi connectivity index (χ0v) is 15.8. The molecular weight excluding hydrogens is 387 g/mol. The Labute approximate surface area is 166 Å². The minimum atomic E-state index is -0.573. The van der Waals surface area contributed by atoms with E-state index in [0.29, 0.717) is 27.1 Å². The first kappa shape index (κ1) is 19.0. The summed E-state index contributed by atoms with van der Waals surface area (Å²) in [5, 5.41) is 1.08. The number of halogens is 2. The van der Waals surface area contributed by atoms with Crippen molar-refractivity contribution in [3.05, 3.63) is 93.5 Å². The Morgan fingerprint density at radius 3 is 1.41 bits per heavy atom. The van der Waals surface area contributed by atoms with Crippen LogP contribution < -0.4 is 9.47 Å². The van der Waals surface area contributed by atoms with E-state index in [1.54, 1.807) is 73.7 Å². The SMILES string of the molecule is Cc1c(C(=O)Oc2ccc(Cl)cc2)cccc1C(=O)Oc1ccc(Cl)cc1. The highest BCUT2D eigenvalue weighted by Crippen LogP contribution is 2.22. The molecular formula is C21H14Cl2O4. The van der Waals surface area contributed by atoms with Crippen LogP contribution in [0.1, 0.15) is 26.3 Å². The quantitative estimate of drug-likeness (QED) is 0.413. The van der Waals surface area contributed by atoms with Crippen LogP contribution in [-0.2, 0) is 0 Å². The van der Waals surface area contributed by atoms with Crippen LogP contribution in [0.4, 0.5) is 0 Å². The third kappa shape index (κ3) is 4.67. The fourth-order valence-electron chi connectivity index (χ4n) is 2.41. The van der Waals surface area contributed by atoms with E-state index in [9.17, 15) is 9.59 Å². The van der Waals surface area contributed by atoms with Gasteiger partial charge in [0.05, 0.1) is 11.1 Å². The summed E-state index contributed by atoms with van der Waals surface area (Å²) >= 11 is 11.6. The van der Waals surface area contributed by atoms with Gasteiger partial charge in [-0.25, -0.2) is 9.59 Å². The summed E-state index contributed by atoms with van der Waals surface area (Å²) < 4.78 is 10.7. The third-order valence-corrected chi connectivity index (χ3v) is 4.33. The van der Waals surface area contributed by atoms with E-state index in [4.69, 9.17) is 32.7 Å². The molecule has 0 amide bonds. The number of esters is 2. The molecule has 27 heavy (non-hydrogen) atoms. The standard InChI is InChI=1S/C21H14Cl2O4/c1-13-18(20(24)26-16-9-5-14(22)6-10-16)3-2-4-19(13)21(25)27-17-11-7-15(23)8-12-17/h2-12H,1H3. The lowest BCUT2D eigenvalue weighted by molar-refractivity contribution is 0.0733. The van der Waals surface area contributed by atoms with Crippen molar-refractivity contribution in [2.45, 2.75) is 6.92 Å². The topological polar surface area (TPSA) is 52.6 Å². The van der Waals surface area contributed by atoms with Crippen molar-refractivity contribution in [1.82, 2.24) is 0 Å². The van der Waals surface area contributed by atoms with Crippen LogP contribution in [0, 0.1) is 6.92 Å². The monoisotopic (exact) mass is 400 g/mol. The van der Waals surface area contributed by atoms with Crippen LogP contribution in [0.5, 0.6) is 11.5 Å². The van der Waals surface area contributed by atoms with Gasteiger partial charge in [-0.2, -0.15) is 0 Å². The van der Waals surface area contributed by atoms with Gasteiger partial charge in [0.1, 0.15) is 11.5 Å². The molecule has 3 rings (SSSR count). The van der Waals surface area contributed by atoms with Crippen molar-refractivity contribution in [3.63, 3.8) is 0 Å². The lowest BCUT2D eigenvalue weighted by Gasteiger charge is -2.11. The fourth-order valence-corrected chi connectivity index (χ4v) is 2.66. The highest BCUT2D eigenvalue weighted by atomic mass is 35.5. The molecule has 136 valence electrons. The largest absolute Gasteiger partial charge is 0.423 e. The second kappa shape index (κ2) is 8.25. The molecule has 0 aromatic heterocycles. The summed E-state index contributed by atoms with van der Waals surface area (Å²) in [4.78, 5) is 24.9. The number of rotatable bonds is 4. The van der Waals surface area contributed by atoms with E-state index >= 15 is 0 Å². The second-order valence-electron chi connectivity index (χ2n) is 5.67. The van der Waals surface area contributed by atoms with Crippen molar-refractivity contribution in [2.75, 3.05) is 0 Å². The molecule has 0 spiro atoms. The number of benzene rings is 3. The van der Waals surface area contributed by atoms with E-state index in [1.165, 1.54) is 0 Å². The maximum atomic E-state index is 12.5. The predicted octanol–water partition coefficient (Wildman–Crippen LogP) is 5.74. The van der Waals surface area contributed by atoms with Gasteiger partial charge in [-0.05, 0) is 73.2 Å². The van der Waals surface area contributed by atoms with Gasteiger partial charge >= 0.3 is 11.9 Å². The first-order chi connectivity index (χ1) is 12.9. The Hall–Kier alpha value is -2.82. The molecule has 0 aliphatic rings. The summed E-state index contributed by atoms with van der Waals surface area (Å²) in [6.45, 7) is 1.66. The molecule has 0 N–H and O–H groups in total. The van der Waals surface area contributed by atoms with E-state index < -0.39 is 11.9 Å². The second-order valence-corrected chi connectivity index (χ2v) is 6.54. The predicted molar refractivity (Wildman–Crippen MR) is 104 cm³/mol. The summed E-state index contributed by atoms with van der Waals surface area (Å²) in [6, 6.07) is 17.6. The molecule has 0 heterocycles. The van der Waals surface area contributed by atoms with Crippen molar-refractivity contribution in [1.29, 1.82) is 0 Å². The minimum Gasteiger partial charge on any atom is -0.423 e. The summed E-state index contributed by atoms with van der Waals surface area (Å²) in [5.74, 6) is -0.428. The van der Waals surface area contributed by atoms with E-state index in [2.05, 4.69) is 0 Å². The molecule has 0 saturated carbocycles. The molecule has 3 aromatic rings. The van der Waals surface area contributed by atoms with Crippen molar-refractivity contribution >= 4 is 35.1 Å². The Morgan fingerprint density at radius 1 is 0.667 bits per heavy atom. The summed E-state index contributed by atoms with van der Waals surface area (Å²) in [6.07, 6.45) is 0. The van der Waals surface area contributed by atoms with Gasteiger partial charge in [0.25, 0.3) is 0 Å². The summed E-state index contributed by atoms with van der Waals surface area (Å²) in [5.41, 5.74) is 1.02. The van der Waals surface area contributed by atoms with Crippen LogP contribution in [0.2, 0.25) is 10.0 Å². The summed E-state index contributed by atoms with van der Waals surface area (Å²) in [7, 11) is 0.